The number of anilines is 1. The van der Waals surface area contributed by atoms with Crippen LogP contribution in [0.25, 0.3) is 0 Å². The van der Waals surface area contributed by atoms with Crippen molar-refractivity contribution in [3.63, 3.8) is 0 Å². The van der Waals surface area contributed by atoms with Crippen molar-refractivity contribution < 1.29 is 9.53 Å². The molecule has 1 amide bonds. The molecule has 2 atom stereocenters. The van der Waals surface area contributed by atoms with Gasteiger partial charge in [-0.05, 0) is 74.6 Å². The number of rotatable bonds is 6. The molecular weight excluding hydrogens is 372 g/mol. The normalized spacial score (nSPS) is 17.1. The van der Waals surface area contributed by atoms with Crippen LogP contribution in [0.1, 0.15) is 45.2 Å². The number of ether oxygens (including phenoxy) is 1. The molecule has 0 bridgehead atoms. The van der Waals surface area contributed by atoms with Crippen LogP contribution in [0.4, 0.5) is 5.69 Å². The summed E-state index contributed by atoms with van der Waals surface area (Å²) in [5, 5.41) is 3.67. The molecule has 0 unspecified atom stereocenters. The van der Waals surface area contributed by atoms with Crippen LogP contribution in [0.5, 0.6) is 5.75 Å². The third kappa shape index (κ3) is 5.41. The topological polar surface area (TPSA) is 41.6 Å². The number of nitrogens with zero attached hydrogens (tertiary/aromatic N) is 1. The van der Waals surface area contributed by atoms with Gasteiger partial charge in [0.2, 0.25) is 0 Å². The van der Waals surface area contributed by atoms with Crippen molar-refractivity contribution >= 4 is 23.2 Å². The second-order valence-corrected chi connectivity index (χ2v) is 8.14. The molecule has 1 aliphatic rings. The smallest absolute Gasteiger partial charge is 0.261 e. The Kier molecular flexibility index (Phi) is 6.84. The number of piperidine rings is 1. The Hall–Kier alpha value is -2.20. The molecule has 1 heterocycles. The summed E-state index contributed by atoms with van der Waals surface area (Å²) in [5.41, 5.74) is 2.34. The molecule has 1 saturated heterocycles. The van der Waals surface area contributed by atoms with Crippen molar-refractivity contribution in [2.75, 3.05) is 18.0 Å². The first-order valence-corrected chi connectivity index (χ1v) is 10.4. The number of hydrogen-bond acceptors (Lipinski definition) is 3. The number of halogens is 1. The molecule has 1 aliphatic heterocycles. The highest BCUT2D eigenvalue weighted by molar-refractivity contribution is 6.30. The van der Waals surface area contributed by atoms with Gasteiger partial charge in [-0.1, -0.05) is 30.7 Å². The minimum Gasteiger partial charge on any atom is -0.481 e. The second kappa shape index (κ2) is 9.33. The molecule has 150 valence electrons. The molecule has 0 aromatic heterocycles. The lowest BCUT2D eigenvalue weighted by Gasteiger charge is -2.32. The zero-order valence-electron chi connectivity index (χ0n) is 16.8. The van der Waals surface area contributed by atoms with E-state index in [-0.39, 0.29) is 11.9 Å². The van der Waals surface area contributed by atoms with E-state index in [0.29, 0.717) is 10.8 Å². The highest BCUT2D eigenvalue weighted by atomic mass is 35.5. The van der Waals surface area contributed by atoms with Gasteiger partial charge >= 0.3 is 0 Å². The fourth-order valence-electron chi connectivity index (χ4n) is 3.43. The van der Waals surface area contributed by atoms with Gasteiger partial charge in [-0.3, -0.25) is 4.79 Å². The first-order chi connectivity index (χ1) is 13.4. The first-order valence-electron chi connectivity index (χ1n) is 10.00. The van der Waals surface area contributed by atoms with E-state index in [1.807, 2.05) is 6.92 Å². The van der Waals surface area contributed by atoms with Gasteiger partial charge in [0, 0.05) is 23.8 Å². The summed E-state index contributed by atoms with van der Waals surface area (Å²) in [6.07, 6.45) is 1.91. The molecular formula is C23H29ClN2O2. The standard InChI is InChI=1S/C23H29ClN2O2/c1-16-12-14-26(15-13-16)21-8-4-19(5-9-21)17(2)25-23(27)18(3)28-22-10-6-20(24)7-11-22/h4-11,16-18H,12-15H2,1-3H3,(H,25,27)/t17-,18-/m1/s1. The predicted octanol–water partition coefficient (Wildman–Crippen LogP) is 5.22. The molecule has 4 nitrogen and oxygen atoms in total. The number of carbonyl (C=O) groups excluding carboxylic acids is 1. The fourth-order valence-corrected chi connectivity index (χ4v) is 3.55. The molecule has 0 spiro atoms. The van der Waals surface area contributed by atoms with Gasteiger partial charge in [0.05, 0.1) is 6.04 Å². The van der Waals surface area contributed by atoms with Gasteiger partial charge in [-0.25, -0.2) is 0 Å². The Morgan fingerprint density at radius 2 is 1.68 bits per heavy atom. The highest BCUT2D eigenvalue weighted by Gasteiger charge is 2.19. The average molecular weight is 401 g/mol. The summed E-state index contributed by atoms with van der Waals surface area (Å²) < 4.78 is 5.70. The van der Waals surface area contributed by atoms with Crippen LogP contribution in [0.15, 0.2) is 48.5 Å². The largest absolute Gasteiger partial charge is 0.481 e. The Morgan fingerprint density at radius 1 is 1.07 bits per heavy atom. The van der Waals surface area contributed by atoms with E-state index in [2.05, 4.69) is 41.4 Å². The van der Waals surface area contributed by atoms with Gasteiger partial charge < -0.3 is 15.0 Å². The van der Waals surface area contributed by atoms with Crippen molar-refractivity contribution in [1.82, 2.24) is 5.32 Å². The molecule has 1 N–H and O–H groups in total. The second-order valence-electron chi connectivity index (χ2n) is 7.71. The number of hydrogen-bond donors (Lipinski definition) is 1. The Labute approximate surface area is 172 Å². The van der Waals surface area contributed by atoms with E-state index in [9.17, 15) is 4.79 Å². The molecule has 2 aromatic carbocycles. The van der Waals surface area contributed by atoms with Crippen molar-refractivity contribution in [2.45, 2.75) is 45.8 Å². The summed E-state index contributed by atoms with van der Waals surface area (Å²) in [5.74, 6) is 1.30. The number of nitrogens with one attached hydrogen (secondary N) is 1. The monoisotopic (exact) mass is 400 g/mol. The van der Waals surface area contributed by atoms with Crippen LogP contribution in [-0.2, 0) is 4.79 Å². The zero-order chi connectivity index (χ0) is 20.1. The van der Waals surface area contributed by atoms with Gasteiger partial charge in [-0.2, -0.15) is 0 Å². The van der Waals surface area contributed by atoms with Crippen molar-refractivity contribution in [1.29, 1.82) is 0 Å². The minimum atomic E-state index is -0.585. The van der Waals surface area contributed by atoms with E-state index in [0.717, 1.165) is 24.6 Å². The Bertz CT molecular complexity index is 768. The van der Waals surface area contributed by atoms with Crippen LogP contribution >= 0.6 is 11.6 Å². The van der Waals surface area contributed by atoms with E-state index < -0.39 is 6.10 Å². The number of carbonyl (C=O) groups is 1. The summed E-state index contributed by atoms with van der Waals surface area (Å²) in [7, 11) is 0. The van der Waals surface area contributed by atoms with E-state index in [1.54, 1.807) is 31.2 Å². The molecule has 3 rings (SSSR count). The minimum absolute atomic E-state index is 0.0841. The lowest BCUT2D eigenvalue weighted by molar-refractivity contribution is -0.127. The lowest BCUT2D eigenvalue weighted by atomic mass is 9.98. The molecule has 2 aromatic rings. The third-order valence-corrected chi connectivity index (χ3v) is 5.65. The summed E-state index contributed by atoms with van der Waals surface area (Å²) >= 11 is 5.88. The summed E-state index contributed by atoms with van der Waals surface area (Å²) in [6, 6.07) is 15.4. The SMILES string of the molecule is CC1CCN(c2ccc([C@@H](C)NC(=O)[C@@H](C)Oc3ccc(Cl)cc3)cc2)CC1. The number of benzene rings is 2. The van der Waals surface area contributed by atoms with Gasteiger partial charge in [0.1, 0.15) is 5.75 Å². The van der Waals surface area contributed by atoms with E-state index >= 15 is 0 Å². The lowest BCUT2D eigenvalue weighted by Crippen LogP contribution is -2.37. The molecule has 5 heteroatoms. The van der Waals surface area contributed by atoms with Crippen LogP contribution in [0, 0.1) is 5.92 Å². The zero-order valence-corrected chi connectivity index (χ0v) is 17.6. The summed E-state index contributed by atoms with van der Waals surface area (Å²) in [6.45, 7) is 8.29. The van der Waals surface area contributed by atoms with Gasteiger partial charge in [0.25, 0.3) is 5.91 Å². The molecule has 1 fully saturated rings. The molecule has 0 saturated carbocycles. The average Bonchev–Trinajstić information content (AvgIpc) is 2.70. The van der Waals surface area contributed by atoms with Crippen LogP contribution < -0.4 is 15.0 Å². The van der Waals surface area contributed by atoms with Crippen molar-refractivity contribution in [3.05, 3.63) is 59.1 Å². The van der Waals surface area contributed by atoms with Gasteiger partial charge in [-0.15, -0.1) is 0 Å². The van der Waals surface area contributed by atoms with E-state index in [4.69, 9.17) is 16.3 Å². The third-order valence-electron chi connectivity index (χ3n) is 5.40. The van der Waals surface area contributed by atoms with Crippen LogP contribution in [0.3, 0.4) is 0 Å². The maximum absolute atomic E-state index is 12.5. The predicted molar refractivity (Wildman–Crippen MR) is 115 cm³/mol. The van der Waals surface area contributed by atoms with Crippen LogP contribution in [-0.4, -0.2) is 25.1 Å². The van der Waals surface area contributed by atoms with Gasteiger partial charge in [0.15, 0.2) is 6.10 Å². The fraction of sp³-hybridized carbons (Fsp3) is 0.435. The van der Waals surface area contributed by atoms with Crippen LogP contribution in [0.2, 0.25) is 5.02 Å². The summed E-state index contributed by atoms with van der Waals surface area (Å²) in [4.78, 5) is 14.9. The molecule has 28 heavy (non-hydrogen) atoms. The quantitative estimate of drug-likeness (QED) is 0.722. The molecule has 0 aliphatic carbocycles. The number of amides is 1. The van der Waals surface area contributed by atoms with E-state index in [1.165, 1.54) is 18.5 Å². The highest BCUT2D eigenvalue weighted by Crippen LogP contribution is 2.25. The Balaban J connectivity index is 1.53. The first kappa shape index (κ1) is 20.5. The Morgan fingerprint density at radius 3 is 2.29 bits per heavy atom. The molecule has 0 radical (unpaired) electrons. The maximum Gasteiger partial charge on any atom is 0.261 e. The van der Waals surface area contributed by atoms with Crippen molar-refractivity contribution in [2.24, 2.45) is 5.92 Å². The maximum atomic E-state index is 12.5. The van der Waals surface area contributed by atoms with Crippen molar-refractivity contribution in [3.8, 4) is 5.75 Å².